The van der Waals surface area contributed by atoms with Gasteiger partial charge in [-0.25, -0.2) is 0 Å². The van der Waals surface area contributed by atoms with Crippen molar-refractivity contribution in [3.63, 3.8) is 0 Å². The van der Waals surface area contributed by atoms with Crippen LogP contribution >= 0.6 is 0 Å². The van der Waals surface area contributed by atoms with Crippen LogP contribution in [0.4, 0.5) is 0 Å². The molecule has 5 nitrogen and oxygen atoms in total. The first-order valence-corrected chi connectivity index (χ1v) is 5.60. The van der Waals surface area contributed by atoms with Crippen LogP contribution in [0.25, 0.3) is 0 Å². The van der Waals surface area contributed by atoms with E-state index in [0.717, 1.165) is 6.08 Å². The number of carboxylic acid groups (broad SMARTS) is 1. The molecule has 0 heterocycles. The van der Waals surface area contributed by atoms with E-state index < -0.39 is 23.1 Å². The van der Waals surface area contributed by atoms with Crippen LogP contribution in [0.15, 0.2) is 24.1 Å². The molecule has 84 valence electrons. The SMILES string of the molecule is C=CC[S+]([O-])/C=C/C(=O)NCCC(=O)O. The molecule has 0 aromatic heterocycles. The number of hydrogen-bond donors (Lipinski definition) is 2. The highest BCUT2D eigenvalue weighted by Crippen LogP contribution is 1.92. The summed E-state index contributed by atoms with van der Waals surface area (Å²) < 4.78 is 11.0. The highest BCUT2D eigenvalue weighted by atomic mass is 32.2. The van der Waals surface area contributed by atoms with Crippen LogP contribution in [0.2, 0.25) is 0 Å². The van der Waals surface area contributed by atoms with Gasteiger partial charge in [0, 0.05) is 6.54 Å². The molecule has 0 aromatic carbocycles. The summed E-state index contributed by atoms with van der Waals surface area (Å²) in [6.45, 7) is 3.47. The Balaban J connectivity index is 3.72. The summed E-state index contributed by atoms with van der Waals surface area (Å²) in [5, 5.41) is 11.9. The quantitative estimate of drug-likeness (QED) is 0.367. The zero-order valence-electron chi connectivity index (χ0n) is 8.14. The predicted octanol–water partition coefficient (Wildman–Crippen LogP) is 0.0257. The van der Waals surface area contributed by atoms with Crippen LogP contribution in [0.3, 0.4) is 0 Å². The van der Waals surface area contributed by atoms with Gasteiger partial charge in [0.15, 0.2) is 0 Å². The standard InChI is InChI=1S/C9H13NO4S/c1-2-6-15(14)7-4-8(11)10-5-3-9(12)13/h2,4,7H,1,3,5-6H2,(H,10,11)(H,12,13)/b7-4+. The van der Waals surface area contributed by atoms with Crippen molar-refractivity contribution in [3.8, 4) is 0 Å². The van der Waals surface area contributed by atoms with Gasteiger partial charge < -0.3 is 15.0 Å². The number of carbonyl (C=O) groups is 2. The number of hydrogen-bond acceptors (Lipinski definition) is 3. The van der Waals surface area contributed by atoms with Crippen molar-refractivity contribution in [2.75, 3.05) is 12.3 Å². The van der Waals surface area contributed by atoms with E-state index in [1.165, 1.54) is 11.5 Å². The van der Waals surface area contributed by atoms with Crippen LogP contribution in [-0.4, -0.2) is 33.8 Å². The molecule has 0 saturated heterocycles. The Morgan fingerprint density at radius 2 is 2.20 bits per heavy atom. The Hall–Kier alpha value is -1.27. The second kappa shape index (κ2) is 8.07. The largest absolute Gasteiger partial charge is 0.612 e. The molecule has 15 heavy (non-hydrogen) atoms. The van der Waals surface area contributed by atoms with Crippen LogP contribution in [0.1, 0.15) is 6.42 Å². The Labute approximate surface area is 91.0 Å². The normalized spacial score (nSPS) is 12.3. The first kappa shape index (κ1) is 13.7. The van der Waals surface area contributed by atoms with Gasteiger partial charge in [-0.05, 0) is 17.3 Å². The Kier molecular flexibility index (Phi) is 7.39. The van der Waals surface area contributed by atoms with Gasteiger partial charge in [0.05, 0.1) is 12.5 Å². The van der Waals surface area contributed by atoms with E-state index in [4.69, 9.17) is 5.11 Å². The number of aliphatic carboxylic acids is 1. The number of amides is 1. The average Bonchev–Trinajstić information content (AvgIpc) is 2.14. The molecule has 6 heteroatoms. The molecule has 0 radical (unpaired) electrons. The third-order valence-corrected chi connectivity index (χ3v) is 2.30. The summed E-state index contributed by atoms with van der Waals surface area (Å²) in [4.78, 5) is 21.1. The molecule has 0 saturated carbocycles. The average molecular weight is 231 g/mol. The van der Waals surface area contributed by atoms with E-state index in [2.05, 4.69) is 11.9 Å². The van der Waals surface area contributed by atoms with E-state index in [9.17, 15) is 14.1 Å². The first-order valence-electron chi connectivity index (χ1n) is 4.22. The molecule has 0 bridgehead atoms. The lowest BCUT2D eigenvalue weighted by atomic mass is 10.4. The molecular weight excluding hydrogens is 218 g/mol. The first-order chi connectivity index (χ1) is 7.06. The summed E-state index contributed by atoms with van der Waals surface area (Å²) in [6, 6.07) is 0. The van der Waals surface area contributed by atoms with Crippen molar-refractivity contribution < 1.29 is 19.2 Å². The lowest BCUT2D eigenvalue weighted by Crippen LogP contribution is -2.24. The Morgan fingerprint density at radius 1 is 1.53 bits per heavy atom. The van der Waals surface area contributed by atoms with Gasteiger partial charge in [0.25, 0.3) is 0 Å². The van der Waals surface area contributed by atoms with Crippen molar-refractivity contribution in [1.82, 2.24) is 5.32 Å². The fraction of sp³-hybridized carbons (Fsp3) is 0.333. The summed E-state index contributed by atoms with van der Waals surface area (Å²) in [5.41, 5.74) is 0. The maximum absolute atomic E-state index is 11.0. The van der Waals surface area contributed by atoms with Gasteiger partial charge in [-0.3, -0.25) is 9.59 Å². The van der Waals surface area contributed by atoms with Gasteiger partial charge in [-0.2, -0.15) is 0 Å². The van der Waals surface area contributed by atoms with Crippen molar-refractivity contribution >= 4 is 23.1 Å². The number of carboxylic acids is 1. The Bertz CT molecular complexity index is 265. The summed E-state index contributed by atoms with van der Waals surface area (Å²) in [5.74, 6) is -1.14. The maximum atomic E-state index is 11.0. The molecule has 2 N–H and O–H groups in total. The topological polar surface area (TPSA) is 89.5 Å². The van der Waals surface area contributed by atoms with Gasteiger partial charge in [0.1, 0.15) is 11.2 Å². The van der Waals surface area contributed by atoms with Crippen molar-refractivity contribution in [2.24, 2.45) is 0 Å². The highest BCUT2D eigenvalue weighted by molar-refractivity contribution is 7.94. The van der Waals surface area contributed by atoms with Gasteiger partial charge in [0.2, 0.25) is 5.91 Å². The second-order valence-electron chi connectivity index (χ2n) is 2.57. The monoisotopic (exact) mass is 231 g/mol. The van der Waals surface area contributed by atoms with Gasteiger partial charge >= 0.3 is 5.97 Å². The summed E-state index contributed by atoms with van der Waals surface area (Å²) >= 11 is -1.23. The van der Waals surface area contributed by atoms with E-state index in [1.807, 2.05) is 0 Å². The maximum Gasteiger partial charge on any atom is 0.305 e. The third-order valence-electron chi connectivity index (χ3n) is 1.29. The molecule has 1 unspecified atom stereocenters. The van der Waals surface area contributed by atoms with Crippen molar-refractivity contribution in [1.29, 1.82) is 0 Å². The van der Waals surface area contributed by atoms with E-state index in [-0.39, 0.29) is 13.0 Å². The highest BCUT2D eigenvalue weighted by Gasteiger charge is 2.01. The third kappa shape index (κ3) is 9.04. The smallest absolute Gasteiger partial charge is 0.305 e. The number of rotatable bonds is 7. The summed E-state index contributed by atoms with van der Waals surface area (Å²) in [6.07, 6.45) is 2.49. The zero-order valence-corrected chi connectivity index (χ0v) is 8.96. The molecule has 0 aliphatic carbocycles. The van der Waals surface area contributed by atoms with E-state index >= 15 is 0 Å². The number of carbonyl (C=O) groups excluding carboxylic acids is 1. The minimum Gasteiger partial charge on any atom is -0.612 e. The molecule has 1 atom stereocenters. The number of nitrogens with one attached hydrogen (secondary N) is 1. The van der Waals surface area contributed by atoms with Crippen LogP contribution < -0.4 is 5.32 Å². The van der Waals surface area contributed by atoms with Crippen LogP contribution in [0.5, 0.6) is 0 Å². The molecule has 1 amide bonds. The molecule has 0 spiro atoms. The van der Waals surface area contributed by atoms with Gasteiger partial charge in [-0.15, -0.1) is 0 Å². The molecule has 0 aliphatic heterocycles. The molecule has 0 aromatic rings. The van der Waals surface area contributed by atoms with Crippen molar-refractivity contribution in [2.45, 2.75) is 6.42 Å². The van der Waals surface area contributed by atoms with Crippen LogP contribution in [-0.2, 0) is 20.8 Å². The van der Waals surface area contributed by atoms with Crippen LogP contribution in [0, 0.1) is 0 Å². The minimum atomic E-state index is -1.23. The lowest BCUT2D eigenvalue weighted by molar-refractivity contribution is -0.136. The lowest BCUT2D eigenvalue weighted by Gasteiger charge is -2.01. The van der Waals surface area contributed by atoms with Crippen molar-refractivity contribution in [3.05, 3.63) is 24.1 Å². The molecule has 0 rings (SSSR count). The molecule has 0 fully saturated rings. The van der Waals surface area contributed by atoms with E-state index in [0.29, 0.717) is 5.75 Å². The molecular formula is C9H13NO4S. The minimum absolute atomic E-state index is 0.0621. The zero-order chi connectivity index (χ0) is 11.7. The fourth-order valence-corrected chi connectivity index (χ4v) is 1.28. The fourth-order valence-electron chi connectivity index (χ4n) is 0.661. The predicted molar refractivity (Wildman–Crippen MR) is 57.6 cm³/mol. The Morgan fingerprint density at radius 3 is 2.73 bits per heavy atom. The molecule has 0 aliphatic rings. The summed E-state index contributed by atoms with van der Waals surface area (Å²) in [7, 11) is 0. The van der Waals surface area contributed by atoms with Gasteiger partial charge in [-0.1, -0.05) is 6.58 Å². The second-order valence-corrected chi connectivity index (χ2v) is 3.94. The van der Waals surface area contributed by atoms with E-state index in [1.54, 1.807) is 0 Å².